The van der Waals surface area contributed by atoms with Crippen molar-refractivity contribution in [3.63, 3.8) is 0 Å². The molecular formula is C11H22N2O3. The molecule has 0 bridgehead atoms. The van der Waals surface area contributed by atoms with Gasteiger partial charge < -0.3 is 15.7 Å². The minimum Gasteiger partial charge on any atom is -0.480 e. The molecule has 0 aliphatic heterocycles. The number of carboxylic acids is 1. The molecule has 0 aliphatic carbocycles. The summed E-state index contributed by atoms with van der Waals surface area (Å²) in [6.45, 7) is 5.85. The summed E-state index contributed by atoms with van der Waals surface area (Å²) in [7, 11) is 0. The molecule has 0 aromatic heterocycles. The number of amides is 2. The lowest BCUT2D eigenvalue weighted by molar-refractivity contribution is -0.139. The monoisotopic (exact) mass is 230 g/mol. The standard InChI is InChI=1S/C11H22N2O3/c1-4-7-9(10(14)15)13-11(16)12-8(5-2)6-3/h8-9H,4-7H2,1-3H3,(H,14,15)(H2,12,13,16)/t9-/m1/s1. The molecule has 0 saturated carbocycles. The molecule has 2 amide bonds. The fraction of sp³-hybridized carbons (Fsp3) is 0.818. The molecule has 16 heavy (non-hydrogen) atoms. The van der Waals surface area contributed by atoms with Gasteiger partial charge in [-0.2, -0.15) is 0 Å². The summed E-state index contributed by atoms with van der Waals surface area (Å²) in [5.74, 6) is -0.985. The fourth-order valence-corrected chi connectivity index (χ4v) is 1.42. The van der Waals surface area contributed by atoms with Crippen molar-refractivity contribution in [2.24, 2.45) is 0 Å². The summed E-state index contributed by atoms with van der Waals surface area (Å²) in [5, 5.41) is 14.1. The number of carboxylic acid groups (broad SMARTS) is 1. The number of hydrogen-bond acceptors (Lipinski definition) is 2. The highest BCUT2D eigenvalue weighted by Crippen LogP contribution is 1.99. The second kappa shape index (κ2) is 7.96. The first-order valence-electron chi connectivity index (χ1n) is 5.84. The van der Waals surface area contributed by atoms with Crippen LogP contribution in [0.4, 0.5) is 4.79 Å². The van der Waals surface area contributed by atoms with Crippen molar-refractivity contribution in [1.82, 2.24) is 10.6 Å². The van der Waals surface area contributed by atoms with Gasteiger partial charge in [0.1, 0.15) is 6.04 Å². The maximum atomic E-state index is 11.5. The largest absolute Gasteiger partial charge is 0.480 e. The van der Waals surface area contributed by atoms with Crippen LogP contribution in [0.1, 0.15) is 46.5 Å². The Kier molecular flexibility index (Phi) is 7.33. The molecule has 0 aromatic rings. The maximum absolute atomic E-state index is 11.5. The van der Waals surface area contributed by atoms with Crippen molar-refractivity contribution in [2.75, 3.05) is 0 Å². The Labute approximate surface area is 96.6 Å². The maximum Gasteiger partial charge on any atom is 0.326 e. The Morgan fingerprint density at radius 3 is 2.06 bits per heavy atom. The van der Waals surface area contributed by atoms with Crippen LogP contribution in [0.3, 0.4) is 0 Å². The third kappa shape index (κ3) is 5.58. The predicted molar refractivity (Wildman–Crippen MR) is 62.4 cm³/mol. The Hall–Kier alpha value is -1.26. The lowest BCUT2D eigenvalue weighted by Gasteiger charge is -2.18. The number of urea groups is 1. The van der Waals surface area contributed by atoms with E-state index in [-0.39, 0.29) is 6.04 Å². The minimum absolute atomic E-state index is 0.107. The van der Waals surface area contributed by atoms with Crippen LogP contribution in [0.25, 0.3) is 0 Å². The van der Waals surface area contributed by atoms with Gasteiger partial charge in [0, 0.05) is 6.04 Å². The SMILES string of the molecule is CCC[C@@H](NC(=O)NC(CC)CC)C(=O)O. The highest BCUT2D eigenvalue weighted by molar-refractivity contribution is 5.82. The van der Waals surface area contributed by atoms with Crippen LogP contribution < -0.4 is 10.6 Å². The van der Waals surface area contributed by atoms with Crippen molar-refractivity contribution < 1.29 is 14.7 Å². The minimum atomic E-state index is -0.985. The molecule has 5 heteroatoms. The fourth-order valence-electron chi connectivity index (χ4n) is 1.42. The van der Waals surface area contributed by atoms with E-state index in [4.69, 9.17) is 5.11 Å². The van der Waals surface area contributed by atoms with Gasteiger partial charge >= 0.3 is 12.0 Å². The first kappa shape index (κ1) is 14.7. The van der Waals surface area contributed by atoms with Crippen LogP contribution in [0.15, 0.2) is 0 Å². The highest BCUT2D eigenvalue weighted by Gasteiger charge is 2.19. The first-order chi connectivity index (χ1) is 7.54. The topological polar surface area (TPSA) is 78.4 Å². The second-order valence-electron chi connectivity index (χ2n) is 3.81. The molecule has 3 N–H and O–H groups in total. The van der Waals surface area contributed by atoms with Gasteiger partial charge in [-0.25, -0.2) is 9.59 Å². The molecule has 0 aromatic carbocycles. The average Bonchev–Trinajstić information content (AvgIpc) is 2.25. The highest BCUT2D eigenvalue weighted by atomic mass is 16.4. The van der Waals surface area contributed by atoms with Crippen molar-refractivity contribution in [3.8, 4) is 0 Å². The number of rotatable bonds is 7. The summed E-state index contributed by atoms with van der Waals surface area (Å²) < 4.78 is 0. The van der Waals surface area contributed by atoms with E-state index < -0.39 is 18.0 Å². The van der Waals surface area contributed by atoms with E-state index in [0.29, 0.717) is 6.42 Å². The van der Waals surface area contributed by atoms with E-state index in [9.17, 15) is 9.59 Å². The smallest absolute Gasteiger partial charge is 0.326 e. The third-order valence-electron chi connectivity index (χ3n) is 2.50. The Balaban J connectivity index is 4.13. The van der Waals surface area contributed by atoms with Gasteiger partial charge in [0.25, 0.3) is 0 Å². The van der Waals surface area contributed by atoms with Gasteiger partial charge in [0.2, 0.25) is 0 Å². The molecule has 0 saturated heterocycles. The number of nitrogens with one attached hydrogen (secondary N) is 2. The number of hydrogen-bond donors (Lipinski definition) is 3. The van der Waals surface area contributed by atoms with Crippen molar-refractivity contribution in [2.45, 2.75) is 58.5 Å². The summed E-state index contributed by atoms with van der Waals surface area (Å²) in [4.78, 5) is 22.3. The van der Waals surface area contributed by atoms with E-state index in [2.05, 4.69) is 10.6 Å². The number of aliphatic carboxylic acids is 1. The molecule has 0 unspecified atom stereocenters. The number of carbonyl (C=O) groups is 2. The normalized spacial score (nSPS) is 12.2. The Bertz CT molecular complexity index is 227. The zero-order valence-corrected chi connectivity index (χ0v) is 10.2. The lowest BCUT2D eigenvalue weighted by atomic mass is 10.1. The molecule has 5 nitrogen and oxygen atoms in total. The van der Waals surface area contributed by atoms with Crippen LogP contribution in [-0.4, -0.2) is 29.2 Å². The quantitative estimate of drug-likeness (QED) is 0.623. The zero-order chi connectivity index (χ0) is 12.6. The van der Waals surface area contributed by atoms with Crippen LogP contribution >= 0.6 is 0 Å². The van der Waals surface area contributed by atoms with E-state index in [1.54, 1.807) is 0 Å². The Morgan fingerprint density at radius 2 is 1.69 bits per heavy atom. The van der Waals surface area contributed by atoms with Gasteiger partial charge in [-0.15, -0.1) is 0 Å². The summed E-state index contributed by atoms with van der Waals surface area (Å²) in [6.07, 6.45) is 2.86. The van der Waals surface area contributed by atoms with E-state index in [1.807, 2.05) is 20.8 Å². The average molecular weight is 230 g/mol. The molecule has 0 fully saturated rings. The van der Waals surface area contributed by atoms with E-state index in [0.717, 1.165) is 19.3 Å². The predicted octanol–water partition coefficient (Wildman–Crippen LogP) is 1.73. The molecule has 0 rings (SSSR count). The molecule has 94 valence electrons. The van der Waals surface area contributed by atoms with Crippen LogP contribution in [0.2, 0.25) is 0 Å². The zero-order valence-electron chi connectivity index (χ0n) is 10.2. The molecule has 0 radical (unpaired) electrons. The summed E-state index contributed by atoms with van der Waals surface area (Å²) in [5.41, 5.74) is 0. The molecule has 0 heterocycles. The van der Waals surface area contributed by atoms with Crippen molar-refractivity contribution >= 4 is 12.0 Å². The van der Waals surface area contributed by atoms with Crippen LogP contribution in [-0.2, 0) is 4.79 Å². The third-order valence-corrected chi connectivity index (χ3v) is 2.50. The summed E-state index contributed by atoms with van der Waals surface area (Å²) in [6, 6.07) is -1.08. The van der Waals surface area contributed by atoms with Gasteiger partial charge in [-0.3, -0.25) is 0 Å². The van der Waals surface area contributed by atoms with Gasteiger partial charge in [0.05, 0.1) is 0 Å². The summed E-state index contributed by atoms with van der Waals surface area (Å²) >= 11 is 0. The molecule has 1 atom stereocenters. The second-order valence-corrected chi connectivity index (χ2v) is 3.81. The van der Waals surface area contributed by atoms with Crippen LogP contribution in [0, 0.1) is 0 Å². The van der Waals surface area contributed by atoms with Gasteiger partial charge in [-0.1, -0.05) is 27.2 Å². The van der Waals surface area contributed by atoms with Crippen LogP contribution in [0.5, 0.6) is 0 Å². The van der Waals surface area contributed by atoms with Crippen molar-refractivity contribution in [1.29, 1.82) is 0 Å². The first-order valence-corrected chi connectivity index (χ1v) is 5.84. The Morgan fingerprint density at radius 1 is 1.12 bits per heavy atom. The lowest BCUT2D eigenvalue weighted by Crippen LogP contribution is -2.48. The van der Waals surface area contributed by atoms with Gasteiger partial charge in [0.15, 0.2) is 0 Å². The molecule has 0 aliphatic rings. The van der Waals surface area contributed by atoms with Gasteiger partial charge in [-0.05, 0) is 19.3 Å². The molecule has 0 spiro atoms. The van der Waals surface area contributed by atoms with E-state index in [1.165, 1.54) is 0 Å². The van der Waals surface area contributed by atoms with Crippen molar-refractivity contribution in [3.05, 3.63) is 0 Å². The number of carbonyl (C=O) groups excluding carboxylic acids is 1. The van der Waals surface area contributed by atoms with E-state index >= 15 is 0 Å². The molecular weight excluding hydrogens is 208 g/mol.